The average molecular weight is 349 g/mol. The highest BCUT2D eigenvalue weighted by Gasteiger charge is 2.15. The zero-order chi connectivity index (χ0) is 18.1. The van der Waals surface area contributed by atoms with Crippen LogP contribution in [0.2, 0.25) is 0 Å². The van der Waals surface area contributed by atoms with Gasteiger partial charge in [0.05, 0.1) is 30.1 Å². The Morgan fingerprint density at radius 2 is 1.81 bits per heavy atom. The van der Waals surface area contributed by atoms with E-state index >= 15 is 0 Å². The molecule has 0 atom stereocenters. The van der Waals surface area contributed by atoms with E-state index in [1.807, 2.05) is 0 Å². The molecule has 9 heteroatoms. The fourth-order valence-corrected chi connectivity index (χ4v) is 2.49. The van der Waals surface area contributed by atoms with Gasteiger partial charge in [0.25, 0.3) is 0 Å². The molecule has 7 nitrogen and oxygen atoms in total. The topological polar surface area (TPSA) is 83.7 Å². The van der Waals surface area contributed by atoms with E-state index in [0.717, 1.165) is 12.3 Å². The molecule has 0 unspecified atom stereocenters. The number of nitrogens with one attached hydrogen (secondary N) is 2. The lowest BCUT2D eigenvalue weighted by Gasteiger charge is -2.09. The first-order valence-electron chi connectivity index (χ1n) is 7.39. The van der Waals surface area contributed by atoms with E-state index in [2.05, 4.69) is 35.1 Å². The standard InChI is InChI=1S/C17H9F2N7/c1-20-11-6-22-17(23-7-11)26-10-3-12(16-14(4-10)24-8-25-16)15-13(19)2-9(18)5-21-15/h2-8H,(H,24,25)(H,22,23,26). The molecule has 0 radical (unpaired) electrons. The molecule has 4 rings (SSSR count). The van der Waals surface area contributed by atoms with E-state index in [9.17, 15) is 8.78 Å². The van der Waals surface area contributed by atoms with E-state index in [0.29, 0.717) is 28.0 Å². The van der Waals surface area contributed by atoms with Crippen molar-refractivity contribution in [1.82, 2.24) is 24.9 Å². The molecule has 26 heavy (non-hydrogen) atoms. The number of aromatic nitrogens is 5. The minimum absolute atomic E-state index is 0.0172. The van der Waals surface area contributed by atoms with Crippen molar-refractivity contribution in [2.24, 2.45) is 0 Å². The first kappa shape index (κ1) is 15.6. The third-order valence-corrected chi connectivity index (χ3v) is 3.61. The number of halogens is 2. The Labute approximate surface area is 145 Å². The van der Waals surface area contributed by atoms with Gasteiger partial charge in [0.15, 0.2) is 5.82 Å². The van der Waals surface area contributed by atoms with Crippen LogP contribution in [0, 0.1) is 18.2 Å². The minimum atomic E-state index is -0.788. The van der Waals surface area contributed by atoms with Crippen molar-refractivity contribution in [3.8, 4) is 11.3 Å². The average Bonchev–Trinajstić information content (AvgIpc) is 3.10. The number of hydrogen-bond donors (Lipinski definition) is 2. The number of nitrogens with zero attached hydrogens (tertiary/aromatic N) is 5. The highest BCUT2D eigenvalue weighted by Crippen LogP contribution is 2.31. The molecule has 0 aliphatic heterocycles. The Morgan fingerprint density at radius 3 is 2.54 bits per heavy atom. The lowest BCUT2D eigenvalue weighted by atomic mass is 10.1. The van der Waals surface area contributed by atoms with Crippen LogP contribution in [0.5, 0.6) is 0 Å². The second-order valence-electron chi connectivity index (χ2n) is 5.31. The van der Waals surface area contributed by atoms with E-state index in [4.69, 9.17) is 6.57 Å². The van der Waals surface area contributed by atoms with Crippen molar-refractivity contribution < 1.29 is 8.78 Å². The Morgan fingerprint density at radius 1 is 1.00 bits per heavy atom. The Kier molecular flexibility index (Phi) is 3.70. The number of H-pyrrole nitrogens is 1. The molecule has 0 amide bonds. The molecule has 3 aromatic heterocycles. The van der Waals surface area contributed by atoms with Gasteiger partial charge in [-0.25, -0.2) is 28.6 Å². The lowest BCUT2D eigenvalue weighted by molar-refractivity contribution is 0.576. The maximum atomic E-state index is 14.2. The van der Waals surface area contributed by atoms with E-state index in [-0.39, 0.29) is 11.6 Å². The SMILES string of the molecule is [C-]#[N+]c1cnc(Nc2cc(-c3ncc(F)cc3F)c3nc[nH]c3c2)nc1. The molecule has 0 aliphatic rings. The van der Waals surface area contributed by atoms with Crippen LogP contribution in [-0.4, -0.2) is 24.9 Å². The fraction of sp³-hybridized carbons (Fsp3) is 0. The molecule has 1 aromatic carbocycles. The van der Waals surface area contributed by atoms with Crippen LogP contribution in [0.1, 0.15) is 0 Å². The van der Waals surface area contributed by atoms with E-state index in [1.165, 1.54) is 18.7 Å². The summed E-state index contributed by atoms with van der Waals surface area (Å²) in [4.78, 5) is 22.3. The van der Waals surface area contributed by atoms with Gasteiger partial charge in [0.2, 0.25) is 11.6 Å². The number of aromatic amines is 1. The maximum absolute atomic E-state index is 14.2. The molecule has 0 saturated heterocycles. The second-order valence-corrected chi connectivity index (χ2v) is 5.31. The molecule has 2 N–H and O–H groups in total. The number of pyridine rings is 1. The second kappa shape index (κ2) is 6.18. The summed E-state index contributed by atoms with van der Waals surface area (Å²) < 4.78 is 27.4. The van der Waals surface area contributed by atoms with E-state index < -0.39 is 11.6 Å². The monoisotopic (exact) mass is 349 g/mol. The molecule has 0 spiro atoms. The number of benzene rings is 1. The highest BCUT2D eigenvalue weighted by atomic mass is 19.1. The number of rotatable bonds is 3. The van der Waals surface area contributed by atoms with Gasteiger partial charge in [-0.3, -0.25) is 4.98 Å². The molecule has 0 bridgehead atoms. The Hall–Kier alpha value is -3.93. The van der Waals surface area contributed by atoms with Gasteiger partial charge < -0.3 is 10.3 Å². The van der Waals surface area contributed by atoms with Crippen LogP contribution in [0.15, 0.2) is 43.1 Å². The van der Waals surface area contributed by atoms with Crippen LogP contribution in [0.4, 0.5) is 26.1 Å². The highest BCUT2D eigenvalue weighted by molar-refractivity contribution is 5.94. The summed E-state index contributed by atoms with van der Waals surface area (Å²) >= 11 is 0. The summed E-state index contributed by atoms with van der Waals surface area (Å²) in [7, 11) is 0. The minimum Gasteiger partial charge on any atom is -0.345 e. The van der Waals surface area contributed by atoms with Crippen LogP contribution in [0.25, 0.3) is 27.1 Å². The van der Waals surface area contributed by atoms with Gasteiger partial charge >= 0.3 is 0 Å². The van der Waals surface area contributed by atoms with Crippen molar-refractivity contribution in [1.29, 1.82) is 0 Å². The van der Waals surface area contributed by atoms with E-state index in [1.54, 1.807) is 12.1 Å². The summed E-state index contributed by atoms with van der Waals surface area (Å²) in [6.45, 7) is 6.91. The Bertz CT molecular complexity index is 1150. The third-order valence-electron chi connectivity index (χ3n) is 3.61. The van der Waals surface area contributed by atoms with Crippen molar-refractivity contribution in [3.05, 3.63) is 66.2 Å². The summed E-state index contributed by atoms with van der Waals surface area (Å²) in [5.41, 5.74) is 2.37. The summed E-state index contributed by atoms with van der Waals surface area (Å²) in [5, 5.41) is 2.98. The first-order chi connectivity index (χ1) is 12.6. The molecule has 3 heterocycles. The summed E-state index contributed by atoms with van der Waals surface area (Å²) in [6, 6.07) is 4.14. The van der Waals surface area contributed by atoms with Gasteiger partial charge in [-0.1, -0.05) is 0 Å². The number of fused-ring (bicyclic) bond motifs is 1. The van der Waals surface area contributed by atoms with Crippen LogP contribution in [0.3, 0.4) is 0 Å². The first-order valence-corrected chi connectivity index (χ1v) is 7.39. The smallest absolute Gasteiger partial charge is 0.224 e. The van der Waals surface area contributed by atoms with Gasteiger partial charge in [-0.15, -0.1) is 0 Å². The van der Waals surface area contributed by atoms with Crippen LogP contribution in [-0.2, 0) is 0 Å². The van der Waals surface area contributed by atoms with Crippen molar-refractivity contribution in [3.63, 3.8) is 0 Å². The molecule has 126 valence electrons. The molecule has 0 aliphatic carbocycles. The number of anilines is 2. The van der Waals surface area contributed by atoms with Gasteiger partial charge in [-0.05, 0) is 12.1 Å². The molecule has 4 aromatic rings. The number of imidazole rings is 1. The lowest BCUT2D eigenvalue weighted by Crippen LogP contribution is -1.98. The zero-order valence-corrected chi connectivity index (χ0v) is 13.0. The quantitative estimate of drug-likeness (QED) is 0.547. The third kappa shape index (κ3) is 2.80. The molecule has 0 saturated carbocycles. The van der Waals surface area contributed by atoms with Gasteiger partial charge in [-0.2, -0.15) is 0 Å². The normalized spacial score (nSPS) is 10.7. The zero-order valence-electron chi connectivity index (χ0n) is 13.0. The van der Waals surface area contributed by atoms with Crippen molar-refractivity contribution in [2.75, 3.05) is 5.32 Å². The Balaban J connectivity index is 1.80. The predicted molar refractivity (Wildman–Crippen MR) is 90.8 cm³/mol. The largest absolute Gasteiger partial charge is 0.345 e. The van der Waals surface area contributed by atoms with Crippen molar-refractivity contribution >= 4 is 28.4 Å². The predicted octanol–water partition coefficient (Wildman–Crippen LogP) is 3.99. The summed E-state index contributed by atoms with van der Waals surface area (Å²) in [5.74, 6) is -1.27. The molecule has 0 fully saturated rings. The fourth-order valence-electron chi connectivity index (χ4n) is 2.49. The molecular formula is C17H9F2N7. The van der Waals surface area contributed by atoms with Crippen molar-refractivity contribution in [2.45, 2.75) is 0 Å². The van der Waals surface area contributed by atoms with Gasteiger partial charge in [0.1, 0.15) is 11.5 Å². The van der Waals surface area contributed by atoms with Crippen LogP contribution < -0.4 is 5.32 Å². The van der Waals surface area contributed by atoms with Crippen LogP contribution >= 0.6 is 0 Å². The number of hydrogen-bond acceptors (Lipinski definition) is 5. The summed E-state index contributed by atoms with van der Waals surface area (Å²) in [6.07, 6.45) is 5.20. The van der Waals surface area contributed by atoms with Gasteiger partial charge in [0, 0.05) is 29.7 Å². The molecular weight excluding hydrogens is 340 g/mol. The maximum Gasteiger partial charge on any atom is 0.224 e.